The molecule has 1 atom stereocenters. The molecule has 2 heterocycles. The number of rotatable bonds is 3. The lowest BCUT2D eigenvalue weighted by Crippen LogP contribution is -2.23. The van der Waals surface area contributed by atoms with Gasteiger partial charge in [-0.2, -0.15) is 0 Å². The highest BCUT2D eigenvalue weighted by molar-refractivity contribution is 5.88. The zero-order valence-electron chi connectivity index (χ0n) is 11.0. The number of anilines is 1. The van der Waals surface area contributed by atoms with Gasteiger partial charge in [0.15, 0.2) is 0 Å². The minimum absolute atomic E-state index is 0.111. The number of aromatic nitrogens is 1. The number of hydrogen-bond acceptors (Lipinski definition) is 6. The summed E-state index contributed by atoms with van der Waals surface area (Å²) in [6.45, 7) is 1.35. The third-order valence-corrected chi connectivity index (χ3v) is 3.23. The van der Waals surface area contributed by atoms with Crippen LogP contribution in [0.25, 0.3) is 0 Å². The van der Waals surface area contributed by atoms with E-state index in [9.17, 15) is 9.59 Å². The molecule has 0 N–H and O–H groups in total. The molecule has 1 saturated heterocycles. The molecule has 1 aliphatic rings. The highest BCUT2D eigenvalue weighted by Gasteiger charge is 2.29. The molecule has 0 aliphatic carbocycles. The topological polar surface area (TPSA) is 68.7 Å². The Balaban J connectivity index is 2.11. The number of carbonyl (C=O) groups excluding carboxylic acids is 2. The fourth-order valence-corrected chi connectivity index (χ4v) is 2.19. The summed E-state index contributed by atoms with van der Waals surface area (Å²) >= 11 is 0. The Morgan fingerprint density at radius 3 is 2.84 bits per heavy atom. The molecule has 1 aromatic rings. The van der Waals surface area contributed by atoms with Crippen LogP contribution in [0.3, 0.4) is 0 Å². The van der Waals surface area contributed by atoms with Crippen LogP contribution in [0.5, 0.6) is 0 Å². The van der Waals surface area contributed by atoms with E-state index in [0.717, 1.165) is 18.7 Å². The Morgan fingerprint density at radius 1 is 1.37 bits per heavy atom. The van der Waals surface area contributed by atoms with Gasteiger partial charge in [-0.25, -0.2) is 9.78 Å². The van der Waals surface area contributed by atoms with Gasteiger partial charge in [0, 0.05) is 25.0 Å². The molecule has 0 spiro atoms. The maximum absolute atomic E-state index is 11.5. The lowest BCUT2D eigenvalue weighted by Gasteiger charge is -2.18. The molecule has 19 heavy (non-hydrogen) atoms. The van der Waals surface area contributed by atoms with Gasteiger partial charge in [0.1, 0.15) is 5.69 Å². The summed E-state index contributed by atoms with van der Waals surface area (Å²) in [7, 11) is 2.71. The summed E-state index contributed by atoms with van der Waals surface area (Å²) < 4.78 is 9.38. The Labute approximate surface area is 111 Å². The van der Waals surface area contributed by atoms with Crippen LogP contribution in [0.2, 0.25) is 0 Å². The summed E-state index contributed by atoms with van der Waals surface area (Å²) in [5, 5.41) is 0. The lowest BCUT2D eigenvalue weighted by atomic mass is 10.1. The first-order chi connectivity index (χ1) is 9.15. The normalized spacial score (nSPS) is 18.2. The van der Waals surface area contributed by atoms with Crippen LogP contribution >= 0.6 is 0 Å². The molecule has 1 fully saturated rings. The number of ether oxygens (including phenoxy) is 2. The Hall–Kier alpha value is -2.11. The van der Waals surface area contributed by atoms with Crippen molar-refractivity contribution >= 4 is 17.6 Å². The summed E-state index contributed by atoms with van der Waals surface area (Å²) in [6, 6.07) is 3.48. The molecule has 1 unspecified atom stereocenters. The number of hydrogen-bond donors (Lipinski definition) is 0. The number of carbonyl (C=O) groups is 2. The van der Waals surface area contributed by atoms with Crippen LogP contribution in [0.15, 0.2) is 18.3 Å². The van der Waals surface area contributed by atoms with Gasteiger partial charge in [-0.15, -0.1) is 0 Å². The Morgan fingerprint density at radius 2 is 2.16 bits per heavy atom. The number of nitrogens with zero attached hydrogens (tertiary/aromatic N) is 2. The summed E-state index contributed by atoms with van der Waals surface area (Å²) in [5.74, 6) is -0.768. The smallest absolute Gasteiger partial charge is 0.356 e. The van der Waals surface area contributed by atoms with Gasteiger partial charge in [0.25, 0.3) is 0 Å². The third-order valence-electron chi connectivity index (χ3n) is 3.23. The number of esters is 2. The lowest BCUT2D eigenvalue weighted by molar-refractivity contribution is -0.144. The first kappa shape index (κ1) is 13.3. The van der Waals surface area contributed by atoms with Gasteiger partial charge in [0.05, 0.1) is 20.1 Å². The maximum atomic E-state index is 11.5. The first-order valence-corrected chi connectivity index (χ1v) is 6.03. The van der Waals surface area contributed by atoms with Crippen LogP contribution in [-0.2, 0) is 14.3 Å². The highest BCUT2D eigenvalue weighted by atomic mass is 16.5. The second-order valence-electron chi connectivity index (χ2n) is 4.35. The van der Waals surface area contributed by atoms with Crippen LogP contribution in [0, 0.1) is 5.92 Å². The van der Waals surface area contributed by atoms with E-state index in [4.69, 9.17) is 4.74 Å². The predicted octanol–water partition coefficient (Wildman–Crippen LogP) is 0.867. The second kappa shape index (κ2) is 5.69. The van der Waals surface area contributed by atoms with Crippen molar-refractivity contribution in [2.24, 2.45) is 5.92 Å². The van der Waals surface area contributed by atoms with Crippen molar-refractivity contribution in [1.29, 1.82) is 0 Å². The van der Waals surface area contributed by atoms with Crippen LogP contribution in [-0.4, -0.2) is 44.2 Å². The van der Waals surface area contributed by atoms with Gasteiger partial charge in [-0.3, -0.25) is 4.79 Å². The molecule has 0 saturated carbocycles. The van der Waals surface area contributed by atoms with Gasteiger partial charge in [0.2, 0.25) is 0 Å². The van der Waals surface area contributed by atoms with Gasteiger partial charge in [-0.05, 0) is 18.6 Å². The van der Waals surface area contributed by atoms with Crippen molar-refractivity contribution in [3.8, 4) is 0 Å². The quantitative estimate of drug-likeness (QED) is 0.754. The first-order valence-electron chi connectivity index (χ1n) is 6.03. The molecule has 1 aliphatic heterocycles. The number of pyridine rings is 1. The molecular weight excluding hydrogens is 248 g/mol. The van der Waals surface area contributed by atoms with Crippen molar-refractivity contribution in [2.75, 3.05) is 32.2 Å². The zero-order chi connectivity index (χ0) is 13.8. The minimum atomic E-state index is -0.467. The second-order valence-corrected chi connectivity index (χ2v) is 4.35. The van der Waals surface area contributed by atoms with Crippen molar-refractivity contribution in [3.05, 3.63) is 24.0 Å². The molecule has 6 heteroatoms. The fraction of sp³-hybridized carbons (Fsp3) is 0.462. The Bertz CT molecular complexity index is 489. The summed E-state index contributed by atoms with van der Waals surface area (Å²) in [5.41, 5.74) is 1.13. The van der Waals surface area contributed by atoms with Crippen molar-refractivity contribution in [2.45, 2.75) is 6.42 Å². The zero-order valence-corrected chi connectivity index (χ0v) is 11.0. The van der Waals surface area contributed by atoms with E-state index in [2.05, 4.69) is 9.72 Å². The molecule has 102 valence electrons. The summed E-state index contributed by atoms with van der Waals surface area (Å²) in [6.07, 6.45) is 2.32. The average Bonchev–Trinajstić information content (AvgIpc) is 2.95. The van der Waals surface area contributed by atoms with Crippen LogP contribution in [0.4, 0.5) is 5.69 Å². The van der Waals surface area contributed by atoms with Crippen molar-refractivity contribution in [1.82, 2.24) is 4.98 Å². The van der Waals surface area contributed by atoms with E-state index in [-0.39, 0.29) is 17.6 Å². The average molecular weight is 264 g/mol. The summed E-state index contributed by atoms with van der Waals surface area (Å²) in [4.78, 5) is 28.9. The van der Waals surface area contributed by atoms with Crippen LogP contribution in [0.1, 0.15) is 16.9 Å². The molecule has 2 rings (SSSR count). The predicted molar refractivity (Wildman–Crippen MR) is 67.9 cm³/mol. The van der Waals surface area contributed by atoms with Gasteiger partial charge in [-0.1, -0.05) is 0 Å². The van der Waals surface area contributed by atoms with E-state index in [1.165, 1.54) is 14.2 Å². The van der Waals surface area contributed by atoms with Crippen molar-refractivity contribution < 1.29 is 19.1 Å². The SMILES string of the molecule is COC(=O)c1cc(N2CCC(C(=O)OC)C2)ccn1. The molecule has 0 bridgehead atoms. The maximum Gasteiger partial charge on any atom is 0.356 e. The fourth-order valence-electron chi connectivity index (χ4n) is 2.19. The molecule has 6 nitrogen and oxygen atoms in total. The van der Waals surface area contributed by atoms with E-state index in [1.54, 1.807) is 12.3 Å². The molecule has 0 radical (unpaired) electrons. The van der Waals surface area contributed by atoms with E-state index >= 15 is 0 Å². The van der Waals surface area contributed by atoms with E-state index < -0.39 is 5.97 Å². The monoisotopic (exact) mass is 264 g/mol. The molecular formula is C13H16N2O4. The highest BCUT2D eigenvalue weighted by Crippen LogP contribution is 2.24. The minimum Gasteiger partial charge on any atom is -0.469 e. The standard InChI is InChI=1S/C13H16N2O4/c1-18-12(16)9-4-6-15(8-9)10-3-5-14-11(7-10)13(17)19-2/h3,5,7,9H,4,6,8H2,1-2H3. The molecule has 0 aromatic carbocycles. The van der Waals surface area contributed by atoms with E-state index in [1.807, 2.05) is 11.0 Å². The van der Waals surface area contributed by atoms with E-state index in [0.29, 0.717) is 6.54 Å². The van der Waals surface area contributed by atoms with Crippen molar-refractivity contribution in [3.63, 3.8) is 0 Å². The number of methoxy groups -OCH3 is 2. The largest absolute Gasteiger partial charge is 0.469 e. The third kappa shape index (κ3) is 2.83. The van der Waals surface area contributed by atoms with Crippen LogP contribution < -0.4 is 4.90 Å². The molecule has 0 amide bonds. The van der Waals surface area contributed by atoms with Gasteiger partial charge >= 0.3 is 11.9 Å². The molecule has 1 aromatic heterocycles. The Kier molecular flexibility index (Phi) is 3.99. The van der Waals surface area contributed by atoms with Gasteiger partial charge < -0.3 is 14.4 Å².